The summed E-state index contributed by atoms with van der Waals surface area (Å²) >= 11 is 0. The second-order valence-electron chi connectivity index (χ2n) is 34.0. The van der Waals surface area contributed by atoms with E-state index >= 15 is 0 Å². The molecule has 0 N–H and O–H groups in total. The van der Waals surface area contributed by atoms with E-state index in [4.69, 9.17) is 0 Å². The highest BCUT2D eigenvalue weighted by molar-refractivity contribution is 6.14. The first-order valence-electron chi connectivity index (χ1n) is 37.1. The van der Waals surface area contributed by atoms with E-state index in [0.29, 0.717) is 0 Å². The number of benzene rings is 13. The lowest BCUT2D eigenvalue weighted by Gasteiger charge is -2.34. The first-order valence-corrected chi connectivity index (χ1v) is 37.1. The van der Waals surface area contributed by atoms with E-state index in [0.717, 1.165) is 101 Å². The van der Waals surface area contributed by atoms with Crippen LogP contribution in [0.15, 0.2) is 285 Å². The molecule has 6 heteroatoms. The van der Waals surface area contributed by atoms with Crippen molar-refractivity contribution < 1.29 is 0 Å². The van der Waals surface area contributed by atoms with Gasteiger partial charge in [-0.25, -0.2) is 0 Å². The Morgan fingerprint density at radius 2 is 0.462 bits per heavy atom. The van der Waals surface area contributed by atoms with Crippen LogP contribution in [-0.4, -0.2) is 18.3 Å². The number of para-hydroxylation sites is 8. The number of aromatic nitrogens is 4. The number of nitrogens with zero attached hydrogens (tertiary/aromatic N) is 6. The molecule has 0 saturated carbocycles. The maximum absolute atomic E-state index is 2.56. The molecular formula is C98H92N6. The van der Waals surface area contributed by atoms with Gasteiger partial charge < -0.3 is 28.1 Å². The van der Waals surface area contributed by atoms with Crippen LogP contribution in [0.25, 0.3) is 110 Å². The van der Waals surface area contributed by atoms with E-state index in [2.05, 4.69) is 417 Å². The fourth-order valence-corrected chi connectivity index (χ4v) is 16.2. The van der Waals surface area contributed by atoms with E-state index in [1.807, 2.05) is 0 Å². The van der Waals surface area contributed by atoms with Gasteiger partial charge in [-0.05, 0) is 207 Å². The number of anilines is 6. The van der Waals surface area contributed by atoms with Gasteiger partial charge in [0.05, 0.1) is 66.9 Å². The predicted octanol–water partition coefficient (Wildman–Crippen LogP) is 27.5. The highest BCUT2D eigenvalue weighted by Crippen LogP contribution is 2.50. The molecule has 104 heavy (non-hydrogen) atoms. The molecule has 4 aromatic heterocycles. The van der Waals surface area contributed by atoms with Crippen molar-refractivity contribution in [2.24, 2.45) is 0 Å². The third-order valence-electron chi connectivity index (χ3n) is 21.9. The first-order chi connectivity index (χ1) is 49.8. The van der Waals surface area contributed by atoms with Crippen molar-refractivity contribution in [2.75, 3.05) is 9.80 Å². The molecular weight excluding hydrogens is 1260 g/mol. The summed E-state index contributed by atoms with van der Waals surface area (Å²) in [6, 6.07) is 108. The summed E-state index contributed by atoms with van der Waals surface area (Å²) in [7, 11) is 0. The molecule has 0 unspecified atom stereocenters. The number of rotatable bonds is 10. The molecule has 17 aromatic rings. The van der Waals surface area contributed by atoms with Crippen LogP contribution in [0, 0.1) is 0 Å². The molecule has 0 bridgehead atoms. The van der Waals surface area contributed by atoms with Gasteiger partial charge in [0.25, 0.3) is 0 Å². The smallest absolute Gasteiger partial charge is 0.0702 e. The highest BCUT2D eigenvalue weighted by atomic mass is 15.2. The van der Waals surface area contributed by atoms with E-state index in [9.17, 15) is 0 Å². The number of hydrogen-bond donors (Lipinski definition) is 0. The first kappa shape index (κ1) is 65.9. The minimum atomic E-state index is -0.332. The van der Waals surface area contributed by atoms with Crippen LogP contribution in [0.1, 0.15) is 132 Å². The summed E-state index contributed by atoms with van der Waals surface area (Å²) < 4.78 is 9.99. The van der Waals surface area contributed by atoms with E-state index in [1.54, 1.807) is 0 Å². The predicted molar refractivity (Wildman–Crippen MR) is 447 cm³/mol. The summed E-state index contributed by atoms with van der Waals surface area (Å²) in [6.45, 7) is 35.0. The second-order valence-corrected chi connectivity index (χ2v) is 34.0. The van der Waals surface area contributed by atoms with Crippen LogP contribution in [0.5, 0.6) is 0 Å². The Labute approximate surface area is 612 Å². The van der Waals surface area contributed by atoms with Crippen molar-refractivity contribution in [3.63, 3.8) is 0 Å². The minimum absolute atomic E-state index is 0.0629. The lowest BCUT2D eigenvalue weighted by atomic mass is 9.85. The summed E-state index contributed by atoms with van der Waals surface area (Å²) in [6.07, 6.45) is 0. The largest absolute Gasteiger partial charge is 0.309 e. The van der Waals surface area contributed by atoms with Crippen molar-refractivity contribution in [1.82, 2.24) is 18.3 Å². The van der Waals surface area contributed by atoms with Gasteiger partial charge in [-0.3, -0.25) is 0 Å². The van der Waals surface area contributed by atoms with Crippen LogP contribution in [-0.2, 0) is 27.1 Å². The molecule has 0 atom stereocenters. The molecule has 0 aliphatic rings. The quantitative estimate of drug-likeness (QED) is 0.136. The maximum atomic E-state index is 2.56. The fourth-order valence-electron chi connectivity index (χ4n) is 16.2. The van der Waals surface area contributed by atoms with Gasteiger partial charge in [0.1, 0.15) is 0 Å². The van der Waals surface area contributed by atoms with Gasteiger partial charge in [-0.1, -0.05) is 237 Å². The van der Waals surface area contributed by atoms with Crippen molar-refractivity contribution in [3.8, 4) is 22.7 Å². The Morgan fingerprint density at radius 3 is 0.760 bits per heavy atom. The summed E-state index contributed by atoms with van der Waals surface area (Å²) in [5.41, 5.74) is 25.6. The maximum Gasteiger partial charge on any atom is 0.0702 e. The van der Waals surface area contributed by atoms with Crippen LogP contribution < -0.4 is 9.80 Å². The molecule has 0 radical (unpaired) electrons. The lowest BCUT2D eigenvalue weighted by Crippen LogP contribution is -2.19. The number of fused-ring (bicyclic) bond motifs is 12. The van der Waals surface area contributed by atoms with Gasteiger partial charge in [0.15, 0.2) is 0 Å². The Morgan fingerprint density at radius 1 is 0.192 bits per heavy atom. The molecule has 6 nitrogen and oxygen atoms in total. The molecule has 0 saturated heterocycles. The molecule has 4 heterocycles. The standard InChI is InChI=1S/C98H92N6/c1-94(2,3)63-46-50-86-78(56-63)79-57-64(95(4,5)6)47-51-87(79)103(86)92-44-26-24-42-90(92)99(68-30-28-32-70(60-68)101-82-38-20-16-34-74(82)75-35-17-21-39-83(75)101)72-54-67(98(13,14)15)55-73(62-72)100(69-31-29-33-71(61-69)102-84-40-22-18-36-76(84)77-37-19-23-41-85(77)102)91-43-25-27-45-93(91)104-88-52-48-65(96(7,8)9)58-80(88)81-59-66(97(10,11)12)49-53-89(81)104/h16-62H,1-15H3. The zero-order chi connectivity index (χ0) is 72.1. The third-order valence-corrected chi connectivity index (χ3v) is 21.9. The summed E-state index contributed by atoms with van der Waals surface area (Å²) in [4.78, 5) is 5.11. The topological polar surface area (TPSA) is 26.2 Å². The van der Waals surface area contributed by atoms with Crippen molar-refractivity contribution in [1.29, 1.82) is 0 Å². The van der Waals surface area contributed by atoms with Crippen LogP contribution >= 0.6 is 0 Å². The van der Waals surface area contributed by atoms with Crippen molar-refractivity contribution >= 4 is 121 Å². The zero-order valence-corrected chi connectivity index (χ0v) is 62.8. The van der Waals surface area contributed by atoms with Gasteiger partial charge in [0.2, 0.25) is 0 Å². The normalized spacial score (nSPS) is 12.8. The molecule has 0 aliphatic heterocycles. The van der Waals surface area contributed by atoms with Gasteiger partial charge in [0, 0.05) is 77.2 Å². The Bertz CT molecular complexity index is 5660. The minimum Gasteiger partial charge on any atom is -0.309 e. The van der Waals surface area contributed by atoms with Crippen LogP contribution in [0.4, 0.5) is 34.1 Å². The molecule has 0 spiro atoms. The molecule has 17 rings (SSSR count). The molecule has 0 aliphatic carbocycles. The van der Waals surface area contributed by atoms with Crippen LogP contribution in [0.3, 0.4) is 0 Å². The van der Waals surface area contributed by atoms with Gasteiger partial charge >= 0.3 is 0 Å². The monoisotopic (exact) mass is 1350 g/mol. The van der Waals surface area contributed by atoms with E-state index < -0.39 is 0 Å². The molecule has 13 aromatic carbocycles. The van der Waals surface area contributed by atoms with Gasteiger partial charge in [-0.2, -0.15) is 0 Å². The fraction of sp³-hybridized carbons (Fsp3) is 0.204. The average Bonchev–Trinajstić information content (AvgIpc) is 1.55. The third kappa shape index (κ3) is 11.1. The van der Waals surface area contributed by atoms with Gasteiger partial charge in [-0.15, -0.1) is 0 Å². The lowest BCUT2D eigenvalue weighted by molar-refractivity contribution is 0.590. The van der Waals surface area contributed by atoms with Crippen molar-refractivity contribution in [3.05, 3.63) is 313 Å². The summed E-state index contributed by atoms with van der Waals surface area (Å²) in [5, 5.41) is 9.88. The summed E-state index contributed by atoms with van der Waals surface area (Å²) in [5.74, 6) is 0. The Hall–Kier alpha value is -11.3. The number of hydrogen-bond acceptors (Lipinski definition) is 2. The van der Waals surface area contributed by atoms with Crippen molar-refractivity contribution in [2.45, 2.75) is 131 Å². The molecule has 514 valence electrons. The average molecular weight is 1350 g/mol. The highest BCUT2D eigenvalue weighted by Gasteiger charge is 2.31. The SMILES string of the molecule is CC(C)(C)c1cc(N(c2cccc(-n3c4ccccc4c4ccccc43)c2)c2ccccc2-n2c3ccc(C(C)(C)C)cc3c3cc(C(C)(C)C)ccc32)cc(N(c2cccc(-n3c4ccccc4c4ccccc43)c2)c2ccccc2-n2c3ccc(C(C)(C)C)cc3c3cc(C(C)(C)C)ccc32)c1. The zero-order valence-electron chi connectivity index (χ0n) is 62.8. The molecule has 0 fully saturated rings. The molecule has 0 amide bonds. The van der Waals surface area contributed by atoms with E-state index in [1.165, 1.54) is 70.9 Å². The Kier molecular flexibility index (Phi) is 15.3. The Balaban J connectivity index is 0.973. The van der Waals surface area contributed by atoms with Crippen LogP contribution in [0.2, 0.25) is 0 Å². The second kappa shape index (κ2) is 24.1. The van der Waals surface area contributed by atoms with E-state index in [-0.39, 0.29) is 27.1 Å².